The Morgan fingerprint density at radius 2 is 1.92 bits per heavy atom. The van der Waals surface area contributed by atoms with Crippen molar-refractivity contribution in [2.24, 2.45) is 11.8 Å². The number of aromatic hydroxyl groups is 1. The van der Waals surface area contributed by atoms with Crippen LogP contribution in [0.3, 0.4) is 0 Å². The fourth-order valence-corrected chi connectivity index (χ4v) is 6.36. The van der Waals surface area contributed by atoms with Crippen LogP contribution in [0.15, 0.2) is 42.5 Å². The fourth-order valence-electron chi connectivity index (χ4n) is 6.36. The van der Waals surface area contributed by atoms with Gasteiger partial charge in [0.05, 0.1) is 12.5 Å². The number of piperidine rings is 1. The van der Waals surface area contributed by atoms with Crippen molar-refractivity contribution in [2.75, 3.05) is 39.3 Å². The van der Waals surface area contributed by atoms with Crippen LogP contribution in [0.2, 0.25) is 0 Å². The van der Waals surface area contributed by atoms with Gasteiger partial charge < -0.3 is 15.2 Å². The quantitative estimate of drug-likeness (QED) is 0.555. The van der Waals surface area contributed by atoms with Crippen molar-refractivity contribution < 1.29 is 14.6 Å². The average molecular weight is 492 g/mol. The van der Waals surface area contributed by atoms with Crippen LogP contribution >= 0.6 is 0 Å². The molecular weight excluding hydrogens is 450 g/mol. The van der Waals surface area contributed by atoms with Crippen molar-refractivity contribution in [1.29, 1.82) is 0 Å². The summed E-state index contributed by atoms with van der Waals surface area (Å²) in [7, 11) is 0. The third-order valence-electron chi connectivity index (χ3n) is 8.30. The van der Waals surface area contributed by atoms with Gasteiger partial charge in [0.25, 0.3) is 0 Å². The normalized spacial score (nSPS) is 24.5. The van der Waals surface area contributed by atoms with Crippen LogP contribution in [-0.4, -0.2) is 66.2 Å². The van der Waals surface area contributed by atoms with Crippen molar-refractivity contribution in [3.63, 3.8) is 0 Å². The molecule has 2 aliphatic heterocycles. The Bertz CT molecular complexity index is 1020. The number of fused-ring (bicyclic) bond motifs is 1. The highest BCUT2D eigenvalue weighted by Gasteiger charge is 2.33. The van der Waals surface area contributed by atoms with Gasteiger partial charge in [-0.2, -0.15) is 0 Å². The van der Waals surface area contributed by atoms with Crippen LogP contribution < -0.4 is 10.1 Å². The van der Waals surface area contributed by atoms with Gasteiger partial charge in [-0.1, -0.05) is 25.1 Å². The van der Waals surface area contributed by atoms with Crippen molar-refractivity contribution >= 4 is 5.91 Å². The number of nitrogens with one attached hydrogen (secondary N) is 1. The second-order valence-electron chi connectivity index (χ2n) is 10.9. The summed E-state index contributed by atoms with van der Waals surface area (Å²) in [6.07, 6.45) is 6.81. The summed E-state index contributed by atoms with van der Waals surface area (Å²) in [5, 5.41) is 12.9. The largest absolute Gasteiger partial charge is 0.508 e. The molecule has 2 N–H and O–H groups in total. The lowest BCUT2D eigenvalue weighted by Gasteiger charge is -2.37. The van der Waals surface area contributed by atoms with E-state index in [1.54, 1.807) is 12.1 Å². The molecule has 2 heterocycles. The van der Waals surface area contributed by atoms with Crippen LogP contribution in [0.5, 0.6) is 11.5 Å². The van der Waals surface area contributed by atoms with E-state index in [0.29, 0.717) is 18.6 Å². The third-order valence-corrected chi connectivity index (χ3v) is 8.30. The summed E-state index contributed by atoms with van der Waals surface area (Å²) >= 11 is 0. The summed E-state index contributed by atoms with van der Waals surface area (Å²) in [6.45, 7) is 8.19. The molecule has 1 unspecified atom stereocenters. The van der Waals surface area contributed by atoms with Gasteiger partial charge in [-0.25, -0.2) is 0 Å². The first-order valence-corrected chi connectivity index (χ1v) is 13.8. The zero-order chi connectivity index (χ0) is 24.9. The van der Waals surface area contributed by atoms with Crippen LogP contribution in [-0.2, 0) is 24.2 Å². The van der Waals surface area contributed by atoms with E-state index in [0.717, 1.165) is 63.4 Å². The first kappa shape index (κ1) is 25.1. The Hall–Kier alpha value is -2.57. The average Bonchev–Trinajstić information content (AvgIpc) is 3.56. The fraction of sp³-hybridized carbons (Fsp3) is 0.567. The molecule has 3 atom stereocenters. The zero-order valence-corrected chi connectivity index (χ0v) is 21.6. The molecule has 6 heteroatoms. The van der Waals surface area contributed by atoms with Crippen molar-refractivity contribution in [2.45, 2.75) is 58.0 Å². The van der Waals surface area contributed by atoms with Gasteiger partial charge in [0.1, 0.15) is 11.5 Å². The van der Waals surface area contributed by atoms with Gasteiger partial charge in [-0.15, -0.1) is 0 Å². The summed E-state index contributed by atoms with van der Waals surface area (Å²) in [5.41, 5.74) is 4.04. The van der Waals surface area contributed by atoms with Crippen molar-refractivity contribution in [3.05, 3.63) is 59.2 Å². The van der Waals surface area contributed by atoms with E-state index in [4.69, 9.17) is 4.74 Å². The minimum Gasteiger partial charge on any atom is -0.508 e. The predicted octanol–water partition coefficient (Wildman–Crippen LogP) is 4.00. The number of likely N-dealkylation sites (N-methyl/N-ethyl adjacent to an activating group) is 1. The molecule has 0 spiro atoms. The molecule has 6 nitrogen and oxygen atoms in total. The first-order valence-electron chi connectivity index (χ1n) is 13.8. The van der Waals surface area contributed by atoms with Gasteiger partial charge in [0.2, 0.25) is 5.91 Å². The van der Waals surface area contributed by atoms with Crippen LogP contribution in [0.1, 0.15) is 49.3 Å². The molecule has 0 saturated carbocycles. The number of likely N-dealkylation sites (tertiary alicyclic amines) is 2. The molecule has 2 fully saturated rings. The number of hydrogen-bond donors (Lipinski definition) is 2. The number of amides is 1. The Labute approximate surface area is 215 Å². The van der Waals surface area contributed by atoms with Gasteiger partial charge in [0, 0.05) is 38.1 Å². The number of benzene rings is 2. The lowest BCUT2D eigenvalue weighted by molar-refractivity contribution is -0.128. The maximum absolute atomic E-state index is 13.3. The van der Waals surface area contributed by atoms with Gasteiger partial charge in [0.15, 0.2) is 0 Å². The second-order valence-corrected chi connectivity index (χ2v) is 10.9. The summed E-state index contributed by atoms with van der Waals surface area (Å²) in [6, 6.07) is 14.4. The number of aryl methyl sites for hydroxylation is 2. The number of hydrogen-bond acceptors (Lipinski definition) is 5. The van der Waals surface area contributed by atoms with Crippen molar-refractivity contribution in [3.8, 4) is 11.5 Å². The molecule has 0 bridgehead atoms. The summed E-state index contributed by atoms with van der Waals surface area (Å²) in [4.78, 5) is 18.2. The number of rotatable bonds is 9. The first-order chi connectivity index (χ1) is 17.6. The summed E-state index contributed by atoms with van der Waals surface area (Å²) < 4.78 is 6.28. The minimum atomic E-state index is -0.0408. The molecule has 3 aliphatic rings. The zero-order valence-electron chi connectivity index (χ0n) is 21.6. The van der Waals surface area contributed by atoms with Crippen LogP contribution in [0.25, 0.3) is 0 Å². The molecule has 2 saturated heterocycles. The Morgan fingerprint density at radius 1 is 1.08 bits per heavy atom. The van der Waals surface area contributed by atoms with E-state index in [2.05, 4.69) is 40.2 Å². The SMILES string of the molecule is CCN1CCCC1CNC(=O)[C@@H]1C[C@H](COc2ccc3c(c2)CCC3)CN(Cc2ccc(O)cc2)C1. The smallest absolute Gasteiger partial charge is 0.224 e. The Balaban J connectivity index is 1.22. The van der Waals surface area contributed by atoms with Crippen LogP contribution in [0, 0.1) is 11.8 Å². The molecule has 2 aromatic rings. The molecule has 0 aromatic heterocycles. The highest BCUT2D eigenvalue weighted by atomic mass is 16.5. The monoisotopic (exact) mass is 491 g/mol. The molecule has 5 rings (SSSR count). The number of ether oxygens (including phenoxy) is 1. The number of carbonyl (C=O) groups is 1. The topological polar surface area (TPSA) is 65.0 Å². The van der Waals surface area contributed by atoms with E-state index in [1.165, 1.54) is 36.8 Å². The van der Waals surface area contributed by atoms with Gasteiger partial charge in [-0.3, -0.25) is 14.6 Å². The second kappa shape index (κ2) is 11.7. The van der Waals surface area contributed by atoms with Gasteiger partial charge in [-0.05, 0) is 92.6 Å². The van der Waals surface area contributed by atoms with Crippen LogP contribution in [0.4, 0.5) is 0 Å². The molecule has 0 radical (unpaired) electrons. The minimum absolute atomic E-state index is 0.0408. The molecule has 2 aromatic carbocycles. The lowest BCUT2D eigenvalue weighted by Crippen LogP contribution is -2.49. The molecule has 36 heavy (non-hydrogen) atoms. The molecule has 194 valence electrons. The van der Waals surface area contributed by atoms with E-state index in [1.807, 2.05) is 12.1 Å². The van der Waals surface area contributed by atoms with E-state index in [9.17, 15) is 9.90 Å². The Kier molecular flexibility index (Phi) is 8.12. The molecule has 1 amide bonds. The Morgan fingerprint density at radius 3 is 2.75 bits per heavy atom. The van der Waals surface area contributed by atoms with Crippen molar-refractivity contribution in [1.82, 2.24) is 15.1 Å². The molecule has 1 aliphatic carbocycles. The number of phenols is 1. The standard InChI is InChI=1S/C30H41N3O3/c1-2-33-14-4-7-27(33)17-31-30(35)26-15-23(19-32(20-26)18-22-8-11-28(34)12-9-22)21-36-29-13-10-24-5-3-6-25(24)16-29/h8-13,16,23,26-27,34H,2-7,14-15,17-21H2,1H3,(H,31,35)/t23-,26+,27?/m0/s1. The predicted molar refractivity (Wildman–Crippen MR) is 142 cm³/mol. The number of phenolic OH excluding ortho intramolecular Hbond substituents is 1. The lowest BCUT2D eigenvalue weighted by atomic mass is 9.88. The maximum Gasteiger partial charge on any atom is 0.224 e. The highest BCUT2D eigenvalue weighted by molar-refractivity contribution is 5.79. The number of nitrogens with zero attached hydrogens (tertiary/aromatic N) is 2. The van der Waals surface area contributed by atoms with Gasteiger partial charge >= 0.3 is 0 Å². The molecular formula is C30H41N3O3. The highest BCUT2D eigenvalue weighted by Crippen LogP contribution is 2.29. The maximum atomic E-state index is 13.3. The summed E-state index contributed by atoms with van der Waals surface area (Å²) in [5.74, 6) is 1.66. The third kappa shape index (κ3) is 6.22. The number of carbonyl (C=O) groups excluding carboxylic acids is 1. The van der Waals surface area contributed by atoms with E-state index >= 15 is 0 Å². The van der Waals surface area contributed by atoms with E-state index in [-0.39, 0.29) is 17.6 Å². The van der Waals surface area contributed by atoms with E-state index < -0.39 is 0 Å².